The van der Waals surface area contributed by atoms with E-state index in [1.54, 1.807) is 0 Å². The Labute approximate surface area is 125 Å². The van der Waals surface area contributed by atoms with E-state index in [1.807, 2.05) is 32.0 Å². The van der Waals surface area contributed by atoms with Gasteiger partial charge < -0.3 is 15.0 Å². The lowest BCUT2D eigenvalue weighted by Crippen LogP contribution is -2.45. The van der Waals surface area contributed by atoms with E-state index < -0.39 is 6.04 Å². The van der Waals surface area contributed by atoms with Crippen LogP contribution in [0.15, 0.2) is 18.2 Å². The van der Waals surface area contributed by atoms with Crippen LogP contribution in [0.4, 0.5) is 0 Å². The average Bonchev–Trinajstić information content (AvgIpc) is 2.47. The van der Waals surface area contributed by atoms with Crippen molar-refractivity contribution in [2.45, 2.75) is 39.3 Å². The molecule has 0 saturated heterocycles. The van der Waals surface area contributed by atoms with E-state index in [-0.39, 0.29) is 12.3 Å². The number of nitrogens with one attached hydrogen (secondary N) is 1. The topological polar surface area (TPSA) is 66.5 Å². The zero-order chi connectivity index (χ0) is 15.8. The maximum absolute atomic E-state index is 11.9. The van der Waals surface area contributed by atoms with Crippen molar-refractivity contribution in [3.8, 4) is 0 Å². The molecule has 0 bridgehead atoms. The predicted molar refractivity (Wildman–Crippen MR) is 80.7 cm³/mol. The van der Waals surface area contributed by atoms with Gasteiger partial charge in [-0.05, 0) is 31.4 Å². The normalized spacial score (nSPS) is 11.6. The van der Waals surface area contributed by atoms with Crippen LogP contribution in [0.25, 0.3) is 0 Å². The van der Waals surface area contributed by atoms with Crippen LogP contribution in [0.2, 0.25) is 0 Å². The van der Waals surface area contributed by atoms with E-state index in [4.69, 9.17) is 0 Å². The fourth-order valence-corrected chi connectivity index (χ4v) is 2.28. The number of rotatable bonds is 8. The molecule has 5 heteroatoms. The quantitative estimate of drug-likeness (QED) is 0.735. The van der Waals surface area contributed by atoms with Crippen molar-refractivity contribution in [2.24, 2.45) is 0 Å². The van der Waals surface area contributed by atoms with Crippen molar-refractivity contribution < 1.29 is 14.4 Å². The lowest BCUT2D eigenvalue weighted by molar-refractivity contribution is -0.133. The number of benzene rings is 1. The Kier molecular flexibility index (Phi) is 6.59. The summed E-state index contributed by atoms with van der Waals surface area (Å²) in [7, 11) is 1.52. The van der Waals surface area contributed by atoms with Gasteiger partial charge in [-0.25, -0.2) is 0 Å². The minimum Gasteiger partial charge on any atom is -0.357 e. The molecule has 1 aromatic rings. The van der Waals surface area contributed by atoms with Crippen LogP contribution in [0.1, 0.15) is 29.5 Å². The second-order valence-electron chi connectivity index (χ2n) is 5.08. The van der Waals surface area contributed by atoms with Crippen molar-refractivity contribution >= 4 is 18.6 Å². The third kappa shape index (κ3) is 4.70. The molecule has 1 rings (SSSR count). The monoisotopic (exact) mass is 290 g/mol. The van der Waals surface area contributed by atoms with Crippen LogP contribution in [0.5, 0.6) is 0 Å². The zero-order valence-electron chi connectivity index (χ0n) is 12.8. The predicted octanol–water partition coefficient (Wildman–Crippen LogP) is 1.36. The molecule has 1 N–H and O–H groups in total. The minimum atomic E-state index is -0.626. The molecule has 0 spiro atoms. The average molecular weight is 290 g/mol. The summed E-state index contributed by atoms with van der Waals surface area (Å²) in [4.78, 5) is 35.3. The van der Waals surface area contributed by atoms with Crippen molar-refractivity contribution in [1.82, 2.24) is 10.2 Å². The molecule has 1 unspecified atom stereocenters. The Morgan fingerprint density at radius 3 is 2.57 bits per heavy atom. The van der Waals surface area contributed by atoms with Gasteiger partial charge >= 0.3 is 0 Å². The first-order chi connectivity index (χ1) is 10.0. The number of aldehydes is 1. The number of amides is 2. The molecule has 0 heterocycles. The Balaban J connectivity index is 2.94. The number of carbonyl (C=O) groups is 3. The van der Waals surface area contributed by atoms with E-state index in [0.717, 1.165) is 23.0 Å². The largest absolute Gasteiger partial charge is 0.357 e. The Bertz CT molecular complexity index is 514. The van der Waals surface area contributed by atoms with Crippen LogP contribution < -0.4 is 5.32 Å². The summed E-state index contributed by atoms with van der Waals surface area (Å²) in [5.41, 5.74) is 3.22. The van der Waals surface area contributed by atoms with E-state index in [1.165, 1.54) is 11.9 Å². The van der Waals surface area contributed by atoms with Crippen LogP contribution >= 0.6 is 0 Å². The second kappa shape index (κ2) is 8.19. The first-order valence-corrected chi connectivity index (χ1v) is 6.95. The summed E-state index contributed by atoms with van der Waals surface area (Å²) >= 11 is 0. The van der Waals surface area contributed by atoms with Crippen LogP contribution in [0.3, 0.4) is 0 Å². The summed E-state index contributed by atoms with van der Waals surface area (Å²) in [5.74, 6) is -0.256. The van der Waals surface area contributed by atoms with Crippen LogP contribution in [0, 0.1) is 13.8 Å². The fraction of sp³-hybridized carbons (Fsp3) is 0.438. The number of hydrogen-bond acceptors (Lipinski definition) is 3. The Morgan fingerprint density at radius 1 is 1.33 bits per heavy atom. The van der Waals surface area contributed by atoms with Crippen molar-refractivity contribution in [3.63, 3.8) is 0 Å². The van der Waals surface area contributed by atoms with E-state index in [2.05, 4.69) is 5.32 Å². The molecule has 0 aliphatic heterocycles. The molecule has 0 saturated carbocycles. The van der Waals surface area contributed by atoms with Crippen molar-refractivity contribution in [3.05, 3.63) is 34.9 Å². The van der Waals surface area contributed by atoms with Gasteiger partial charge in [-0.3, -0.25) is 9.59 Å². The number of likely N-dealkylation sites (N-methyl/N-ethyl adjacent to an activating group) is 1. The number of carbonyl (C=O) groups excluding carboxylic acids is 3. The van der Waals surface area contributed by atoms with Gasteiger partial charge in [0.1, 0.15) is 12.3 Å². The van der Waals surface area contributed by atoms with Crippen LogP contribution in [-0.2, 0) is 20.9 Å². The smallest absolute Gasteiger partial charge is 0.242 e. The Morgan fingerprint density at radius 2 is 2.05 bits per heavy atom. The lowest BCUT2D eigenvalue weighted by atomic mass is 10.0. The number of nitrogens with zero attached hydrogens (tertiary/aromatic N) is 1. The SMILES string of the molecule is CNC(=O)C(CCC=O)N(C=O)Cc1ccc(C)cc1C. The molecular formula is C16H22N2O3. The van der Waals surface area contributed by atoms with Crippen molar-refractivity contribution in [2.75, 3.05) is 7.05 Å². The van der Waals surface area contributed by atoms with E-state index in [0.29, 0.717) is 19.4 Å². The highest BCUT2D eigenvalue weighted by Crippen LogP contribution is 2.15. The Hall–Kier alpha value is -2.17. The summed E-state index contributed by atoms with van der Waals surface area (Å²) in [6, 6.07) is 5.35. The molecule has 0 aromatic heterocycles. The third-order valence-electron chi connectivity index (χ3n) is 3.49. The molecule has 1 aromatic carbocycles. The fourth-order valence-electron chi connectivity index (χ4n) is 2.28. The summed E-state index contributed by atoms with van der Waals surface area (Å²) in [6.45, 7) is 4.34. The molecule has 0 radical (unpaired) electrons. The maximum Gasteiger partial charge on any atom is 0.242 e. The van der Waals surface area contributed by atoms with E-state index in [9.17, 15) is 14.4 Å². The summed E-state index contributed by atoms with van der Waals surface area (Å²) in [6.07, 6.45) is 2.00. The summed E-state index contributed by atoms with van der Waals surface area (Å²) in [5, 5.41) is 2.54. The van der Waals surface area contributed by atoms with Gasteiger partial charge in [0.2, 0.25) is 12.3 Å². The maximum atomic E-state index is 11.9. The number of hydrogen-bond donors (Lipinski definition) is 1. The van der Waals surface area contributed by atoms with Gasteiger partial charge in [-0.1, -0.05) is 23.8 Å². The summed E-state index contributed by atoms with van der Waals surface area (Å²) < 4.78 is 0. The van der Waals surface area contributed by atoms with Gasteiger partial charge in [-0.2, -0.15) is 0 Å². The molecule has 5 nitrogen and oxygen atoms in total. The lowest BCUT2D eigenvalue weighted by Gasteiger charge is -2.27. The van der Waals surface area contributed by atoms with Gasteiger partial charge in [0.15, 0.2) is 0 Å². The first kappa shape index (κ1) is 16.9. The highest BCUT2D eigenvalue weighted by atomic mass is 16.2. The molecular weight excluding hydrogens is 268 g/mol. The van der Waals surface area contributed by atoms with Gasteiger partial charge in [0, 0.05) is 20.0 Å². The minimum absolute atomic E-state index is 0.245. The molecule has 0 aliphatic rings. The molecule has 21 heavy (non-hydrogen) atoms. The molecule has 0 fully saturated rings. The van der Waals surface area contributed by atoms with Crippen LogP contribution in [-0.4, -0.2) is 36.6 Å². The standard InChI is InChI=1S/C16H22N2O3/c1-12-6-7-14(13(2)9-12)10-18(11-20)15(5-4-8-19)16(21)17-3/h6-9,11,15H,4-5,10H2,1-3H3,(H,17,21). The second-order valence-corrected chi connectivity index (χ2v) is 5.08. The number of aryl methyl sites for hydroxylation is 2. The highest BCUT2D eigenvalue weighted by molar-refractivity contribution is 5.83. The molecule has 0 aliphatic carbocycles. The molecule has 114 valence electrons. The third-order valence-corrected chi connectivity index (χ3v) is 3.49. The molecule has 1 atom stereocenters. The van der Waals surface area contributed by atoms with E-state index >= 15 is 0 Å². The highest BCUT2D eigenvalue weighted by Gasteiger charge is 2.24. The molecule has 2 amide bonds. The first-order valence-electron chi connectivity index (χ1n) is 6.95. The van der Waals surface area contributed by atoms with Gasteiger partial charge in [0.25, 0.3) is 0 Å². The van der Waals surface area contributed by atoms with Crippen molar-refractivity contribution in [1.29, 1.82) is 0 Å². The zero-order valence-corrected chi connectivity index (χ0v) is 12.8. The van der Waals surface area contributed by atoms with Gasteiger partial charge in [0.05, 0.1) is 0 Å². The van der Waals surface area contributed by atoms with Gasteiger partial charge in [-0.15, -0.1) is 0 Å².